The lowest BCUT2D eigenvalue weighted by molar-refractivity contribution is 0.144. The summed E-state index contributed by atoms with van der Waals surface area (Å²) < 4.78 is 5.32. The van der Waals surface area contributed by atoms with E-state index in [4.69, 9.17) is 23.6 Å². The van der Waals surface area contributed by atoms with Gasteiger partial charge in [0, 0.05) is 0 Å². The molecular formula is C4H9Cl2N3S. The fraction of sp³-hybridized carbons (Fsp3) is 1.00. The van der Waals surface area contributed by atoms with Crippen LogP contribution in [0.3, 0.4) is 0 Å². The van der Waals surface area contributed by atoms with Gasteiger partial charge in [-0.15, -0.1) is 0 Å². The third-order valence-corrected chi connectivity index (χ3v) is 2.36. The Bertz CT molecular complexity index is 105. The van der Waals surface area contributed by atoms with Gasteiger partial charge in [-0.3, -0.25) is 0 Å². The monoisotopic (exact) mass is 201 g/mol. The van der Waals surface area contributed by atoms with Crippen molar-refractivity contribution in [2.75, 3.05) is 26.3 Å². The van der Waals surface area contributed by atoms with Crippen LogP contribution in [0.15, 0.2) is 0 Å². The first kappa shape index (κ1) is 8.90. The number of halogens is 2. The van der Waals surface area contributed by atoms with Crippen molar-refractivity contribution in [3.8, 4) is 0 Å². The van der Waals surface area contributed by atoms with Gasteiger partial charge in [0.2, 0.25) is 0 Å². The van der Waals surface area contributed by atoms with Crippen LogP contribution < -0.4 is 0 Å². The summed E-state index contributed by atoms with van der Waals surface area (Å²) in [6.45, 7) is 2.12. The second-order valence-electron chi connectivity index (χ2n) is 2.01. The highest BCUT2D eigenvalue weighted by molar-refractivity contribution is 7.96. The SMILES string of the molecule is CSN1CN(Cl)CN(Cl)C1. The molecule has 1 aliphatic heterocycles. The molecule has 0 bridgehead atoms. The van der Waals surface area contributed by atoms with E-state index in [1.807, 2.05) is 6.26 Å². The van der Waals surface area contributed by atoms with E-state index >= 15 is 0 Å². The molecule has 0 aromatic heterocycles. The molecule has 3 nitrogen and oxygen atoms in total. The summed E-state index contributed by atoms with van der Waals surface area (Å²) in [5.74, 6) is 0. The van der Waals surface area contributed by atoms with E-state index in [0.717, 1.165) is 13.3 Å². The molecular weight excluding hydrogens is 193 g/mol. The van der Waals surface area contributed by atoms with Gasteiger partial charge in [0.1, 0.15) is 0 Å². The smallest absolute Gasteiger partial charge is 0.0828 e. The molecule has 1 aliphatic rings. The molecule has 1 rings (SSSR count). The van der Waals surface area contributed by atoms with Crippen LogP contribution >= 0.6 is 35.5 Å². The molecule has 1 saturated heterocycles. The van der Waals surface area contributed by atoms with Crippen molar-refractivity contribution in [2.24, 2.45) is 0 Å². The molecule has 0 spiro atoms. The molecule has 0 aliphatic carbocycles. The van der Waals surface area contributed by atoms with Gasteiger partial charge in [0.15, 0.2) is 0 Å². The average molecular weight is 202 g/mol. The average Bonchev–Trinajstić information content (AvgIpc) is 1.85. The maximum Gasteiger partial charge on any atom is 0.0828 e. The Labute approximate surface area is 75.2 Å². The molecule has 1 fully saturated rings. The highest BCUT2D eigenvalue weighted by Gasteiger charge is 2.19. The van der Waals surface area contributed by atoms with E-state index in [9.17, 15) is 0 Å². The molecule has 60 valence electrons. The first-order valence-corrected chi connectivity index (χ1v) is 4.68. The van der Waals surface area contributed by atoms with Gasteiger partial charge in [-0.2, -0.15) is 8.84 Å². The first-order valence-electron chi connectivity index (χ1n) is 2.83. The van der Waals surface area contributed by atoms with Crippen molar-refractivity contribution in [1.82, 2.24) is 13.1 Å². The van der Waals surface area contributed by atoms with E-state index in [1.165, 1.54) is 0 Å². The van der Waals surface area contributed by atoms with E-state index in [1.54, 1.807) is 20.8 Å². The predicted molar refractivity (Wildman–Crippen MR) is 45.3 cm³/mol. The van der Waals surface area contributed by atoms with Crippen molar-refractivity contribution in [3.05, 3.63) is 0 Å². The summed E-state index contributed by atoms with van der Waals surface area (Å²) in [7, 11) is 0. The van der Waals surface area contributed by atoms with Crippen molar-refractivity contribution in [1.29, 1.82) is 0 Å². The van der Waals surface area contributed by atoms with Crippen LogP contribution in [0.4, 0.5) is 0 Å². The van der Waals surface area contributed by atoms with E-state index < -0.39 is 0 Å². The van der Waals surface area contributed by atoms with E-state index in [-0.39, 0.29) is 0 Å². The highest BCUT2D eigenvalue weighted by Crippen LogP contribution is 2.16. The standard InChI is InChI=1S/C4H9Cl2N3S/c1-10-9-3-7(5)2-8(6)4-9/h2-4H2,1H3. The Morgan fingerprint density at radius 1 is 1.10 bits per heavy atom. The zero-order chi connectivity index (χ0) is 7.56. The van der Waals surface area contributed by atoms with Crippen molar-refractivity contribution in [3.63, 3.8) is 0 Å². The summed E-state index contributed by atoms with van der Waals surface area (Å²) in [5, 5.41) is 0. The van der Waals surface area contributed by atoms with Crippen molar-refractivity contribution in [2.45, 2.75) is 0 Å². The Hall–Kier alpha value is 0.810. The number of rotatable bonds is 1. The van der Waals surface area contributed by atoms with Crippen LogP contribution in [0.2, 0.25) is 0 Å². The highest BCUT2D eigenvalue weighted by atomic mass is 35.5. The fourth-order valence-corrected chi connectivity index (χ4v) is 1.97. The molecule has 0 saturated carbocycles. The molecule has 0 radical (unpaired) electrons. The van der Waals surface area contributed by atoms with Crippen LogP contribution in [0.1, 0.15) is 0 Å². The largest absolute Gasteiger partial charge is 0.220 e. The van der Waals surface area contributed by atoms with E-state index in [0.29, 0.717) is 6.67 Å². The number of hydrogen-bond acceptors (Lipinski definition) is 4. The topological polar surface area (TPSA) is 9.72 Å². The van der Waals surface area contributed by atoms with Gasteiger partial charge in [-0.1, -0.05) is 11.9 Å². The summed E-state index contributed by atoms with van der Waals surface area (Å²) in [5.41, 5.74) is 0. The summed E-state index contributed by atoms with van der Waals surface area (Å²) in [4.78, 5) is 0. The lowest BCUT2D eigenvalue weighted by Crippen LogP contribution is -2.44. The minimum atomic E-state index is 0.611. The van der Waals surface area contributed by atoms with Gasteiger partial charge in [0.05, 0.1) is 20.0 Å². The van der Waals surface area contributed by atoms with Crippen molar-refractivity contribution < 1.29 is 0 Å². The van der Waals surface area contributed by atoms with Gasteiger partial charge in [0.25, 0.3) is 0 Å². The molecule has 1 heterocycles. The zero-order valence-electron chi connectivity index (χ0n) is 5.63. The molecule has 0 aromatic carbocycles. The molecule has 0 amide bonds. The quantitative estimate of drug-likeness (QED) is 0.469. The van der Waals surface area contributed by atoms with Crippen LogP contribution in [-0.4, -0.2) is 39.4 Å². The van der Waals surface area contributed by atoms with Crippen LogP contribution in [0, 0.1) is 0 Å². The zero-order valence-corrected chi connectivity index (χ0v) is 7.96. The maximum absolute atomic E-state index is 5.74. The lowest BCUT2D eigenvalue weighted by atomic mass is 10.8. The van der Waals surface area contributed by atoms with Crippen LogP contribution in [0.5, 0.6) is 0 Å². The number of hydrogen-bond donors (Lipinski definition) is 0. The van der Waals surface area contributed by atoms with Crippen LogP contribution in [0.25, 0.3) is 0 Å². The van der Waals surface area contributed by atoms with Gasteiger partial charge in [-0.05, 0) is 29.8 Å². The molecule has 0 atom stereocenters. The van der Waals surface area contributed by atoms with Gasteiger partial charge < -0.3 is 0 Å². The third kappa shape index (κ3) is 2.45. The lowest BCUT2D eigenvalue weighted by Gasteiger charge is -2.33. The van der Waals surface area contributed by atoms with Gasteiger partial charge >= 0.3 is 0 Å². The normalized spacial score (nSPS) is 25.5. The number of nitrogens with zero attached hydrogens (tertiary/aromatic N) is 3. The minimum Gasteiger partial charge on any atom is -0.220 e. The Morgan fingerprint density at radius 2 is 1.60 bits per heavy atom. The summed E-state index contributed by atoms with van der Waals surface area (Å²) in [6.07, 6.45) is 2.00. The molecule has 0 N–H and O–H groups in total. The molecule has 6 heteroatoms. The minimum absolute atomic E-state index is 0.611. The Kier molecular flexibility index (Phi) is 3.55. The Balaban J connectivity index is 2.35. The molecule has 0 unspecified atom stereocenters. The van der Waals surface area contributed by atoms with Crippen LogP contribution in [-0.2, 0) is 0 Å². The maximum atomic E-state index is 5.74. The summed E-state index contributed by atoms with van der Waals surface area (Å²) in [6, 6.07) is 0. The molecule has 0 aromatic rings. The van der Waals surface area contributed by atoms with E-state index in [2.05, 4.69) is 4.31 Å². The second kappa shape index (κ2) is 3.99. The predicted octanol–water partition coefficient (Wildman–Crippen LogP) is 1.36. The van der Waals surface area contributed by atoms with Crippen molar-refractivity contribution >= 4 is 35.5 Å². The first-order chi connectivity index (χ1) is 4.72. The molecule has 10 heavy (non-hydrogen) atoms. The third-order valence-electron chi connectivity index (χ3n) is 1.19. The van der Waals surface area contributed by atoms with Gasteiger partial charge in [-0.25, -0.2) is 4.31 Å². The summed E-state index contributed by atoms with van der Waals surface area (Å²) >= 11 is 13.1. The second-order valence-corrected chi connectivity index (χ2v) is 3.85. The fourth-order valence-electron chi connectivity index (χ4n) is 0.758. The Morgan fingerprint density at radius 3 is 2.00 bits per heavy atom.